The highest BCUT2D eigenvalue weighted by Crippen LogP contribution is 2.20. The first-order chi connectivity index (χ1) is 12.4. The lowest BCUT2D eigenvalue weighted by Gasteiger charge is -2.20. The Morgan fingerprint density at radius 1 is 1.08 bits per heavy atom. The van der Waals surface area contributed by atoms with Crippen molar-refractivity contribution in [3.05, 3.63) is 54.1 Å². The second kappa shape index (κ2) is 9.01. The number of para-hydroxylation sites is 1. The third kappa shape index (κ3) is 5.32. The van der Waals surface area contributed by atoms with Crippen molar-refractivity contribution in [2.45, 2.75) is 19.9 Å². The van der Waals surface area contributed by atoms with Gasteiger partial charge in [-0.25, -0.2) is 0 Å². The molecule has 26 heavy (non-hydrogen) atoms. The van der Waals surface area contributed by atoms with Gasteiger partial charge in [-0.2, -0.15) is 0 Å². The minimum atomic E-state index is -0.300. The van der Waals surface area contributed by atoms with Crippen LogP contribution in [0.1, 0.15) is 24.2 Å². The molecule has 2 amide bonds. The molecule has 0 unspecified atom stereocenters. The minimum Gasteiger partial charge on any atom is -0.497 e. The fourth-order valence-electron chi connectivity index (χ4n) is 2.29. The first kappa shape index (κ1) is 19.5. The molecule has 0 heterocycles. The highest BCUT2D eigenvalue weighted by atomic mass is 16.5. The number of hydrogen-bond donors (Lipinski definition) is 2. The summed E-state index contributed by atoms with van der Waals surface area (Å²) in [6.07, 6.45) is 0. The lowest BCUT2D eigenvalue weighted by Crippen LogP contribution is -2.35. The van der Waals surface area contributed by atoms with Crippen LogP contribution in [0.4, 0.5) is 11.4 Å². The van der Waals surface area contributed by atoms with Gasteiger partial charge >= 0.3 is 0 Å². The molecular formula is C20H25N3O3. The number of rotatable bonds is 7. The van der Waals surface area contributed by atoms with Crippen molar-refractivity contribution >= 4 is 23.2 Å². The maximum Gasteiger partial charge on any atom is 0.257 e. The Balaban J connectivity index is 2.12. The fourth-order valence-corrected chi connectivity index (χ4v) is 2.29. The van der Waals surface area contributed by atoms with Crippen molar-refractivity contribution < 1.29 is 14.3 Å². The molecule has 2 aromatic rings. The summed E-state index contributed by atoms with van der Waals surface area (Å²) in [5.41, 5.74) is 1.50. The Hall–Kier alpha value is -2.86. The molecule has 0 saturated carbocycles. The van der Waals surface area contributed by atoms with Crippen molar-refractivity contribution in [2.24, 2.45) is 0 Å². The molecule has 0 aliphatic rings. The molecular weight excluding hydrogens is 330 g/mol. The van der Waals surface area contributed by atoms with Gasteiger partial charge in [0.1, 0.15) is 5.75 Å². The molecule has 0 bridgehead atoms. The number of nitrogens with one attached hydrogen (secondary N) is 2. The summed E-state index contributed by atoms with van der Waals surface area (Å²) >= 11 is 0. The summed E-state index contributed by atoms with van der Waals surface area (Å²) in [7, 11) is 3.45. The number of amides is 2. The second-order valence-corrected chi connectivity index (χ2v) is 6.29. The number of anilines is 2. The SMILES string of the molecule is COc1cccc(NC(=O)c2ccccc2NC(=O)CN(C)C(C)C)c1. The van der Waals surface area contributed by atoms with Crippen LogP contribution in [0, 0.1) is 0 Å². The zero-order chi connectivity index (χ0) is 19.1. The number of likely N-dealkylation sites (N-methyl/N-ethyl adjacent to an activating group) is 1. The lowest BCUT2D eigenvalue weighted by molar-refractivity contribution is -0.117. The van der Waals surface area contributed by atoms with Crippen molar-refractivity contribution in [3.63, 3.8) is 0 Å². The minimum absolute atomic E-state index is 0.164. The molecule has 6 nitrogen and oxygen atoms in total. The van der Waals surface area contributed by atoms with Crippen molar-refractivity contribution in [3.8, 4) is 5.75 Å². The number of hydrogen-bond acceptors (Lipinski definition) is 4. The molecule has 0 fully saturated rings. The molecule has 0 aliphatic heterocycles. The number of methoxy groups -OCH3 is 1. The van der Waals surface area contributed by atoms with E-state index in [1.54, 1.807) is 55.6 Å². The molecule has 6 heteroatoms. The highest BCUT2D eigenvalue weighted by Gasteiger charge is 2.15. The third-order valence-electron chi connectivity index (χ3n) is 4.05. The normalized spacial score (nSPS) is 10.7. The van der Waals surface area contributed by atoms with E-state index < -0.39 is 0 Å². The van der Waals surface area contributed by atoms with Crippen LogP contribution in [0.3, 0.4) is 0 Å². The molecule has 0 radical (unpaired) electrons. The Kier molecular flexibility index (Phi) is 6.74. The quantitative estimate of drug-likeness (QED) is 0.800. The number of ether oxygens (including phenoxy) is 1. The smallest absolute Gasteiger partial charge is 0.257 e. The van der Waals surface area contributed by atoms with Gasteiger partial charge in [0.05, 0.1) is 24.9 Å². The standard InChI is InChI=1S/C20H25N3O3/c1-14(2)23(3)13-19(24)22-18-11-6-5-10-17(18)20(25)21-15-8-7-9-16(12-15)26-4/h5-12,14H,13H2,1-4H3,(H,21,25)(H,22,24). The van der Waals surface area contributed by atoms with Gasteiger partial charge in [0.15, 0.2) is 0 Å². The van der Waals surface area contributed by atoms with E-state index in [0.717, 1.165) is 0 Å². The molecule has 138 valence electrons. The van der Waals surface area contributed by atoms with Crippen molar-refractivity contribution in [1.29, 1.82) is 0 Å². The van der Waals surface area contributed by atoms with E-state index in [9.17, 15) is 9.59 Å². The van der Waals surface area contributed by atoms with Crippen LogP contribution in [0.2, 0.25) is 0 Å². The van der Waals surface area contributed by atoms with Gasteiger partial charge in [-0.3, -0.25) is 14.5 Å². The molecule has 0 spiro atoms. The van der Waals surface area contributed by atoms with Gasteiger partial charge in [0, 0.05) is 17.8 Å². The Bertz CT molecular complexity index is 774. The Morgan fingerprint density at radius 2 is 1.81 bits per heavy atom. The van der Waals surface area contributed by atoms with E-state index in [4.69, 9.17) is 4.74 Å². The Morgan fingerprint density at radius 3 is 2.50 bits per heavy atom. The summed E-state index contributed by atoms with van der Waals surface area (Å²) in [6.45, 7) is 4.29. The van der Waals surface area contributed by atoms with Crippen LogP contribution in [0.5, 0.6) is 5.75 Å². The largest absolute Gasteiger partial charge is 0.497 e. The molecule has 2 aromatic carbocycles. The molecule has 0 saturated heterocycles. The number of nitrogens with zero attached hydrogens (tertiary/aromatic N) is 1. The van der Waals surface area contributed by atoms with E-state index in [-0.39, 0.29) is 24.4 Å². The monoisotopic (exact) mass is 355 g/mol. The number of carbonyl (C=O) groups excluding carboxylic acids is 2. The summed E-state index contributed by atoms with van der Waals surface area (Å²) in [5, 5.41) is 5.64. The zero-order valence-electron chi connectivity index (χ0n) is 15.6. The van der Waals surface area contributed by atoms with E-state index in [1.165, 1.54) is 0 Å². The van der Waals surface area contributed by atoms with Gasteiger partial charge in [0.2, 0.25) is 5.91 Å². The zero-order valence-corrected chi connectivity index (χ0v) is 15.6. The highest BCUT2D eigenvalue weighted by molar-refractivity contribution is 6.10. The molecule has 0 aliphatic carbocycles. The fraction of sp³-hybridized carbons (Fsp3) is 0.300. The summed E-state index contributed by atoms with van der Waals surface area (Å²) in [6, 6.07) is 14.3. The first-order valence-electron chi connectivity index (χ1n) is 8.45. The average molecular weight is 355 g/mol. The maximum absolute atomic E-state index is 12.6. The average Bonchev–Trinajstić information content (AvgIpc) is 2.62. The van der Waals surface area contributed by atoms with Crippen LogP contribution in [0.15, 0.2) is 48.5 Å². The van der Waals surface area contributed by atoms with Crippen molar-refractivity contribution in [1.82, 2.24) is 4.90 Å². The van der Waals surface area contributed by atoms with Gasteiger partial charge in [-0.05, 0) is 45.2 Å². The van der Waals surface area contributed by atoms with E-state index in [0.29, 0.717) is 22.7 Å². The molecule has 0 atom stereocenters. The summed E-state index contributed by atoms with van der Waals surface area (Å²) in [5.74, 6) is 0.190. The van der Waals surface area contributed by atoms with E-state index in [1.807, 2.05) is 25.8 Å². The van der Waals surface area contributed by atoms with Crippen molar-refractivity contribution in [2.75, 3.05) is 31.3 Å². The van der Waals surface area contributed by atoms with Gasteiger partial charge < -0.3 is 15.4 Å². The number of benzene rings is 2. The molecule has 0 aromatic heterocycles. The third-order valence-corrected chi connectivity index (χ3v) is 4.05. The number of carbonyl (C=O) groups is 2. The topological polar surface area (TPSA) is 70.7 Å². The van der Waals surface area contributed by atoms with Crippen LogP contribution in [-0.2, 0) is 4.79 Å². The first-order valence-corrected chi connectivity index (χ1v) is 8.45. The van der Waals surface area contributed by atoms with Gasteiger partial charge in [-0.1, -0.05) is 18.2 Å². The maximum atomic E-state index is 12.6. The second-order valence-electron chi connectivity index (χ2n) is 6.29. The van der Waals surface area contributed by atoms with Gasteiger partial charge in [-0.15, -0.1) is 0 Å². The summed E-state index contributed by atoms with van der Waals surface area (Å²) in [4.78, 5) is 26.8. The van der Waals surface area contributed by atoms with Crippen LogP contribution in [-0.4, -0.2) is 43.5 Å². The molecule has 2 rings (SSSR count). The molecule has 2 N–H and O–H groups in total. The summed E-state index contributed by atoms with van der Waals surface area (Å²) < 4.78 is 5.16. The Labute approximate surface area is 154 Å². The van der Waals surface area contributed by atoms with Gasteiger partial charge in [0.25, 0.3) is 5.91 Å². The van der Waals surface area contributed by atoms with E-state index >= 15 is 0 Å². The predicted molar refractivity (Wildman–Crippen MR) is 104 cm³/mol. The lowest BCUT2D eigenvalue weighted by atomic mass is 10.1. The van der Waals surface area contributed by atoms with Crippen LogP contribution in [0.25, 0.3) is 0 Å². The predicted octanol–water partition coefficient (Wildman–Crippen LogP) is 3.23. The van der Waals surface area contributed by atoms with Crippen LogP contribution < -0.4 is 15.4 Å². The van der Waals surface area contributed by atoms with Crippen LogP contribution >= 0.6 is 0 Å². The van der Waals surface area contributed by atoms with E-state index in [2.05, 4.69) is 10.6 Å².